The molecule has 0 radical (unpaired) electrons. The summed E-state index contributed by atoms with van der Waals surface area (Å²) in [5.74, 6) is -0.979. The van der Waals surface area contributed by atoms with E-state index in [1.165, 1.54) is 12.1 Å². The SMILES string of the molecule is Cc1ccc(F)c(OC2(C(=O)O)CCN(c3cnc4ccccc4n3)CC2)c1. The third kappa shape index (κ3) is 3.35. The van der Waals surface area contributed by atoms with E-state index in [4.69, 9.17) is 4.74 Å². The Hall–Kier alpha value is -3.22. The Morgan fingerprint density at radius 2 is 1.89 bits per heavy atom. The second kappa shape index (κ2) is 7.07. The van der Waals surface area contributed by atoms with Gasteiger partial charge in [0.1, 0.15) is 5.82 Å². The molecule has 2 aromatic carbocycles. The predicted molar refractivity (Wildman–Crippen MR) is 103 cm³/mol. The van der Waals surface area contributed by atoms with Crippen LogP contribution in [-0.2, 0) is 4.79 Å². The molecule has 2 heterocycles. The van der Waals surface area contributed by atoms with Crippen molar-refractivity contribution < 1.29 is 19.0 Å². The van der Waals surface area contributed by atoms with Gasteiger partial charge < -0.3 is 14.7 Å². The van der Waals surface area contributed by atoms with Crippen LogP contribution in [0.15, 0.2) is 48.7 Å². The molecule has 0 atom stereocenters. The third-order valence-corrected chi connectivity index (χ3v) is 5.11. The van der Waals surface area contributed by atoms with Crippen LogP contribution in [0.4, 0.5) is 10.2 Å². The van der Waals surface area contributed by atoms with Crippen LogP contribution in [0, 0.1) is 12.7 Å². The van der Waals surface area contributed by atoms with Crippen molar-refractivity contribution in [3.05, 3.63) is 60.0 Å². The van der Waals surface area contributed by atoms with Gasteiger partial charge in [-0.05, 0) is 36.8 Å². The third-order valence-electron chi connectivity index (χ3n) is 5.11. The number of hydrogen-bond donors (Lipinski definition) is 1. The van der Waals surface area contributed by atoms with Crippen LogP contribution in [0.2, 0.25) is 0 Å². The molecule has 0 amide bonds. The normalized spacial score (nSPS) is 16.1. The fourth-order valence-corrected chi connectivity index (χ4v) is 3.46. The Labute approximate surface area is 161 Å². The molecule has 3 aromatic rings. The molecule has 0 unspecified atom stereocenters. The zero-order chi connectivity index (χ0) is 19.7. The first kappa shape index (κ1) is 18.2. The number of aromatic nitrogens is 2. The van der Waals surface area contributed by atoms with Crippen molar-refractivity contribution in [2.45, 2.75) is 25.4 Å². The van der Waals surface area contributed by atoms with E-state index in [1.54, 1.807) is 19.2 Å². The van der Waals surface area contributed by atoms with E-state index in [9.17, 15) is 14.3 Å². The summed E-state index contributed by atoms with van der Waals surface area (Å²) in [6.45, 7) is 2.65. The number of benzene rings is 2. The molecule has 4 rings (SSSR count). The van der Waals surface area contributed by atoms with Crippen molar-refractivity contribution in [2.24, 2.45) is 0 Å². The maximum atomic E-state index is 14.1. The molecular weight excluding hydrogens is 361 g/mol. The van der Waals surface area contributed by atoms with Gasteiger partial charge in [0.25, 0.3) is 0 Å². The highest BCUT2D eigenvalue weighted by Gasteiger charge is 2.45. The summed E-state index contributed by atoms with van der Waals surface area (Å²) in [7, 11) is 0. The smallest absolute Gasteiger partial charge is 0.348 e. The fourth-order valence-electron chi connectivity index (χ4n) is 3.46. The number of anilines is 1. The Bertz CT molecular complexity index is 1030. The van der Waals surface area contributed by atoms with Crippen molar-refractivity contribution in [3.63, 3.8) is 0 Å². The van der Waals surface area contributed by atoms with Crippen molar-refractivity contribution in [2.75, 3.05) is 18.0 Å². The number of hydrogen-bond acceptors (Lipinski definition) is 5. The number of carboxylic acid groups (broad SMARTS) is 1. The van der Waals surface area contributed by atoms with Gasteiger partial charge in [0, 0.05) is 25.9 Å². The minimum atomic E-state index is -1.46. The van der Waals surface area contributed by atoms with Crippen LogP contribution < -0.4 is 9.64 Å². The van der Waals surface area contributed by atoms with Crippen LogP contribution in [0.25, 0.3) is 11.0 Å². The lowest BCUT2D eigenvalue weighted by molar-refractivity contribution is -0.157. The lowest BCUT2D eigenvalue weighted by Crippen LogP contribution is -2.53. The number of halogens is 1. The van der Waals surface area contributed by atoms with Crippen molar-refractivity contribution >= 4 is 22.8 Å². The highest BCUT2D eigenvalue weighted by atomic mass is 19.1. The highest BCUT2D eigenvalue weighted by molar-refractivity contribution is 5.79. The zero-order valence-electron chi connectivity index (χ0n) is 15.4. The number of nitrogens with zero attached hydrogens (tertiary/aromatic N) is 3. The maximum absolute atomic E-state index is 14.1. The number of aliphatic carboxylic acids is 1. The number of carbonyl (C=O) groups is 1. The number of aryl methyl sites for hydroxylation is 1. The van der Waals surface area contributed by atoms with E-state index in [2.05, 4.69) is 9.97 Å². The number of piperidine rings is 1. The molecule has 0 bridgehead atoms. The number of fused-ring (bicyclic) bond motifs is 1. The van der Waals surface area contributed by atoms with Crippen LogP contribution in [0.3, 0.4) is 0 Å². The van der Waals surface area contributed by atoms with Gasteiger partial charge >= 0.3 is 5.97 Å². The van der Waals surface area contributed by atoms with Gasteiger partial charge in [-0.3, -0.25) is 4.98 Å². The number of ether oxygens (including phenoxy) is 1. The number of carboxylic acids is 1. The maximum Gasteiger partial charge on any atom is 0.348 e. The molecule has 144 valence electrons. The molecule has 1 saturated heterocycles. The van der Waals surface area contributed by atoms with Gasteiger partial charge in [-0.15, -0.1) is 0 Å². The first-order chi connectivity index (χ1) is 13.5. The average molecular weight is 381 g/mol. The Kier molecular flexibility index (Phi) is 4.58. The Morgan fingerprint density at radius 1 is 1.18 bits per heavy atom. The Balaban J connectivity index is 1.55. The van der Waals surface area contributed by atoms with E-state index < -0.39 is 17.4 Å². The van der Waals surface area contributed by atoms with E-state index in [-0.39, 0.29) is 18.6 Å². The molecule has 1 aliphatic heterocycles. The minimum absolute atomic E-state index is 0.0265. The number of rotatable bonds is 4. The first-order valence-corrected chi connectivity index (χ1v) is 9.12. The molecule has 0 spiro atoms. The summed E-state index contributed by atoms with van der Waals surface area (Å²) in [6.07, 6.45) is 2.12. The van der Waals surface area contributed by atoms with E-state index >= 15 is 0 Å². The molecule has 1 fully saturated rings. The van der Waals surface area contributed by atoms with E-state index in [1.807, 2.05) is 29.2 Å². The van der Waals surface area contributed by atoms with Gasteiger partial charge in [0.05, 0.1) is 17.2 Å². The van der Waals surface area contributed by atoms with Gasteiger partial charge in [-0.2, -0.15) is 0 Å². The summed E-state index contributed by atoms with van der Waals surface area (Å²) in [5, 5.41) is 9.81. The largest absolute Gasteiger partial charge is 0.478 e. The predicted octanol–water partition coefficient (Wildman–Crippen LogP) is 3.58. The lowest BCUT2D eigenvalue weighted by atomic mass is 9.91. The summed E-state index contributed by atoms with van der Waals surface area (Å²) in [4.78, 5) is 23.0. The molecule has 0 saturated carbocycles. The van der Waals surface area contributed by atoms with Gasteiger partial charge in [0.15, 0.2) is 11.6 Å². The van der Waals surface area contributed by atoms with Gasteiger partial charge in [-0.25, -0.2) is 14.2 Å². The topological polar surface area (TPSA) is 75.6 Å². The lowest BCUT2D eigenvalue weighted by Gasteiger charge is -2.39. The van der Waals surface area contributed by atoms with Crippen molar-refractivity contribution in [3.8, 4) is 5.75 Å². The summed E-state index contributed by atoms with van der Waals surface area (Å²) >= 11 is 0. The molecule has 28 heavy (non-hydrogen) atoms. The quantitative estimate of drug-likeness (QED) is 0.745. The molecule has 0 aliphatic carbocycles. The van der Waals surface area contributed by atoms with Crippen LogP contribution in [-0.4, -0.2) is 39.7 Å². The number of para-hydroxylation sites is 2. The van der Waals surface area contributed by atoms with Gasteiger partial charge in [0.2, 0.25) is 5.60 Å². The fraction of sp³-hybridized carbons (Fsp3) is 0.286. The van der Waals surface area contributed by atoms with Crippen LogP contribution >= 0.6 is 0 Å². The van der Waals surface area contributed by atoms with E-state index in [0.717, 1.165) is 16.6 Å². The standard InChI is InChI=1S/C21H20FN3O3/c1-14-6-7-15(22)18(12-14)28-21(20(26)27)8-10-25(11-9-21)19-13-23-16-4-2-3-5-17(16)24-19/h2-7,12-13H,8-11H2,1H3,(H,26,27). The van der Waals surface area contributed by atoms with Crippen molar-refractivity contribution in [1.82, 2.24) is 9.97 Å². The molecule has 7 heteroatoms. The molecule has 6 nitrogen and oxygen atoms in total. The first-order valence-electron chi connectivity index (χ1n) is 9.12. The second-order valence-electron chi connectivity index (χ2n) is 7.04. The van der Waals surface area contributed by atoms with Crippen LogP contribution in [0.1, 0.15) is 18.4 Å². The minimum Gasteiger partial charge on any atom is -0.478 e. The second-order valence-corrected chi connectivity index (χ2v) is 7.04. The molecule has 1 aromatic heterocycles. The molecular formula is C21H20FN3O3. The van der Waals surface area contributed by atoms with E-state index in [0.29, 0.717) is 18.9 Å². The molecule has 1 N–H and O–H groups in total. The summed E-state index contributed by atoms with van der Waals surface area (Å²) < 4.78 is 19.8. The molecule has 1 aliphatic rings. The Morgan fingerprint density at radius 3 is 2.61 bits per heavy atom. The monoisotopic (exact) mass is 381 g/mol. The van der Waals surface area contributed by atoms with Crippen LogP contribution in [0.5, 0.6) is 5.75 Å². The zero-order valence-corrected chi connectivity index (χ0v) is 15.4. The van der Waals surface area contributed by atoms with Gasteiger partial charge in [-0.1, -0.05) is 18.2 Å². The van der Waals surface area contributed by atoms with Crippen molar-refractivity contribution in [1.29, 1.82) is 0 Å². The summed E-state index contributed by atoms with van der Waals surface area (Å²) in [5.41, 5.74) is 0.936. The highest BCUT2D eigenvalue weighted by Crippen LogP contribution is 2.32. The average Bonchev–Trinajstić information content (AvgIpc) is 2.71. The summed E-state index contributed by atoms with van der Waals surface area (Å²) in [6, 6.07) is 12.0.